The molecule has 146 valence electrons. The summed E-state index contributed by atoms with van der Waals surface area (Å²) in [6.07, 6.45) is 7.77. The van der Waals surface area contributed by atoms with Gasteiger partial charge in [0.25, 0.3) is 0 Å². The molecule has 0 amide bonds. The van der Waals surface area contributed by atoms with Crippen LogP contribution in [0, 0.1) is 0 Å². The lowest BCUT2D eigenvalue weighted by molar-refractivity contribution is -0.129. The SMILES string of the molecule is C=C(C)C(=O)Oc1cc2cc3ccc(cc4nc(cc5nc(cc1[nH]2)C=C5)C=C4)[nH]3. The first kappa shape index (κ1) is 17.9. The van der Waals surface area contributed by atoms with Crippen molar-refractivity contribution in [2.75, 3.05) is 0 Å². The van der Waals surface area contributed by atoms with Gasteiger partial charge >= 0.3 is 5.97 Å². The molecule has 0 fully saturated rings. The van der Waals surface area contributed by atoms with Crippen molar-refractivity contribution in [1.82, 2.24) is 19.9 Å². The number of esters is 1. The average molecular weight is 394 g/mol. The first-order valence-electron chi connectivity index (χ1n) is 9.48. The van der Waals surface area contributed by atoms with Gasteiger partial charge in [-0.15, -0.1) is 0 Å². The van der Waals surface area contributed by atoms with E-state index in [2.05, 4.69) is 26.5 Å². The summed E-state index contributed by atoms with van der Waals surface area (Å²) in [7, 11) is 0. The summed E-state index contributed by atoms with van der Waals surface area (Å²) in [4.78, 5) is 28.0. The third-order valence-electron chi connectivity index (χ3n) is 4.68. The fourth-order valence-corrected chi connectivity index (χ4v) is 3.26. The smallest absolute Gasteiger partial charge is 0.338 e. The first-order chi connectivity index (χ1) is 14.5. The summed E-state index contributed by atoms with van der Waals surface area (Å²) in [6.45, 7) is 5.27. The van der Waals surface area contributed by atoms with Crippen molar-refractivity contribution in [3.05, 3.63) is 77.4 Å². The van der Waals surface area contributed by atoms with Crippen LogP contribution in [-0.4, -0.2) is 25.9 Å². The Hall–Kier alpha value is -4.19. The van der Waals surface area contributed by atoms with E-state index in [9.17, 15) is 4.79 Å². The standard InChI is InChI=1S/C24H18N4O2/c1-14(2)24(29)30-23-13-21-11-19-6-5-17(26-19)9-15-3-4-16(25-15)10-18-7-8-20(27-18)12-22(23)28-21/h3-13,26,28H,1H2,2H3. The Morgan fingerprint density at radius 2 is 1.40 bits per heavy atom. The first-order valence-corrected chi connectivity index (χ1v) is 9.48. The van der Waals surface area contributed by atoms with Crippen LogP contribution in [0.3, 0.4) is 0 Å². The highest BCUT2D eigenvalue weighted by Crippen LogP contribution is 2.25. The van der Waals surface area contributed by atoms with Crippen LogP contribution in [0.5, 0.6) is 5.75 Å². The summed E-state index contributed by atoms with van der Waals surface area (Å²) in [5, 5.41) is 0. The number of carbonyl (C=O) groups excluding carboxylic acids is 1. The Morgan fingerprint density at radius 1 is 0.800 bits per heavy atom. The Morgan fingerprint density at radius 3 is 2.07 bits per heavy atom. The molecule has 30 heavy (non-hydrogen) atoms. The molecular formula is C24H18N4O2. The van der Waals surface area contributed by atoms with Crippen molar-refractivity contribution in [3.63, 3.8) is 0 Å². The van der Waals surface area contributed by atoms with E-state index in [1.165, 1.54) is 0 Å². The van der Waals surface area contributed by atoms with Crippen molar-refractivity contribution >= 4 is 52.3 Å². The second-order valence-electron chi connectivity index (χ2n) is 7.21. The zero-order chi connectivity index (χ0) is 20.7. The minimum absolute atomic E-state index is 0.334. The van der Waals surface area contributed by atoms with Gasteiger partial charge in [0.05, 0.1) is 28.3 Å². The van der Waals surface area contributed by atoms with Crippen LogP contribution < -0.4 is 4.74 Å². The normalized spacial score (nSPS) is 12.2. The number of rotatable bonds is 2. The molecule has 0 unspecified atom stereocenters. The van der Waals surface area contributed by atoms with E-state index in [0.717, 1.165) is 39.3 Å². The Balaban J connectivity index is 1.78. The quantitative estimate of drug-likeness (QED) is 0.321. The van der Waals surface area contributed by atoms with Crippen LogP contribution >= 0.6 is 0 Å². The molecular weight excluding hydrogens is 376 g/mol. The van der Waals surface area contributed by atoms with E-state index in [1.54, 1.807) is 13.0 Å². The zero-order valence-electron chi connectivity index (χ0n) is 16.3. The number of aromatic amines is 2. The van der Waals surface area contributed by atoms with Crippen molar-refractivity contribution in [1.29, 1.82) is 0 Å². The molecule has 6 nitrogen and oxygen atoms in total. The van der Waals surface area contributed by atoms with E-state index in [4.69, 9.17) is 4.74 Å². The predicted octanol–water partition coefficient (Wildman–Crippen LogP) is 5.14. The highest BCUT2D eigenvalue weighted by atomic mass is 16.5. The summed E-state index contributed by atoms with van der Waals surface area (Å²) in [5.41, 5.74) is 6.89. The van der Waals surface area contributed by atoms with E-state index >= 15 is 0 Å². The maximum absolute atomic E-state index is 12.1. The van der Waals surface area contributed by atoms with Crippen molar-refractivity contribution in [3.8, 4) is 5.75 Å². The number of ether oxygens (including phenoxy) is 1. The van der Waals surface area contributed by atoms with Gasteiger partial charge in [-0.25, -0.2) is 14.8 Å². The second kappa shape index (κ2) is 7.00. The Bertz CT molecular complexity index is 1420. The van der Waals surface area contributed by atoms with Crippen molar-refractivity contribution in [2.24, 2.45) is 0 Å². The number of fused-ring (bicyclic) bond motifs is 8. The molecule has 2 N–H and O–H groups in total. The summed E-state index contributed by atoms with van der Waals surface area (Å²) >= 11 is 0. The fourth-order valence-electron chi connectivity index (χ4n) is 3.26. The fraction of sp³-hybridized carbons (Fsp3) is 0.0417. The largest absolute Gasteiger partial charge is 0.421 e. The molecule has 0 aromatic carbocycles. The van der Waals surface area contributed by atoms with Gasteiger partial charge in [0, 0.05) is 28.2 Å². The third-order valence-corrected chi connectivity index (χ3v) is 4.68. The van der Waals surface area contributed by atoms with E-state index in [1.807, 2.05) is 60.7 Å². The topological polar surface area (TPSA) is 83.7 Å². The molecule has 0 aliphatic carbocycles. The van der Waals surface area contributed by atoms with Crippen LogP contribution in [0.4, 0.5) is 0 Å². The molecule has 0 saturated heterocycles. The van der Waals surface area contributed by atoms with Gasteiger partial charge in [0.1, 0.15) is 0 Å². The molecule has 5 rings (SSSR count). The maximum atomic E-state index is 12.1. The van der Waals surface area contributed by atoms with Crippen molar-refractivity contribution < 1.29 is 9.53 Å². The molecule has 3 aromatic rings. The van der Waals surface area contributed by atoms with Gasteiger partial charge in [-0.2, -0.15) is 0 Å². The van der Waals surface area contributed by atoms with Crippen LogP contribution in [-0.2, 0) is 4.79 Å². The van der Waals surface area contributed by atoms with Crippen molar-refractivity contribution in [2.45, 2.75) is 6.92 Å². The predicted molar refractivity (Wildman–Crippen MR) is 119 cm³/mol. The zero-order valence-corrected chi connectivity index (χ0v) is 16.3. The van der Waals surface area contributed by atoms with Crippen LogP contribution in [0.15, 0.2) is 54.6 Å². The monoisotopic (exact) mass is 394 g/mol. The van der Waals surface area contributed by atoms with Gasteiger partial charge in [-0.05, 0) is 67.6 Å². The molecule has 8 bridgehead atoms. The number of H-pyrrole nitrogens is 2. The molecule has 2 aliphatic heterocycles. The second-order valence-corrected chi connectivity index (χ2v) is 7.21. The average Bonchev–Trinajstić information content (AvgIpc) is 3.47. The van der Waals surface area contributed by atoms with E-state index in [0.29, 0.717) is 16.8 Å². The van der Waals surface area contributed by atoms with Gasteiger partial charge in [0.2, 0.25) is 0 Å². The number of nitrogens with one attached hydrogen (secondary N) is 2. The van der Waals surface area contributed by atoms with E-state index < -0.39 is 5.97 Å². The third kappa shape index (κ3) is 3.58. The minimum Gasteiger partial charge on any atom is -0.421 e. The Kier molecular flexibility index (Phi) is 4.17. The molecule has 0 atom stereocenters. The number of nitrogens with zero attached hydrogens (tertiary/aromatic N) is 2. The highest BCUT2D eigenvalue weighted by Gasteiger charge is 2.10. The van der Waals surface area contributed by atoms with Gasteiger partial charge in [-0.1, -0.05) is 6.58 Å². The van der Waals surface area contributed by atoms with Gasteiger partial charge in [0.15, 0.2) is 5.75 Å². The number of aromatic nitrogens is 4. The molecule has 0 saturated carbocycles. The van der Waals surface area contributed by atoms with E-state index in [-0.39, 0.29) is 0 Å². The Labute approximate surface area is 172 Å². The maximum Gasteiger partial charge on any atom is 0.338 e. The number of hydrogen-bond acceptors (Lipinski definition) is 4. The lowest BCUT2D eigenvalue weighted by atomic mass is 10.3. The molecule has 3 aromatic heterocycles. The summed E-state index contributed by atoms with van der Waals surface area (Å²) < 4.78 is 5.52. The van der Waals surface area contributed by atoms with Gasteiger partial charge in [-0.3, -0.25) is 0 Å². The lowest BCUT2D eigenvalue weighted by Gasteiger charge is -2.00. The summed E-state index contributed by atoms with van der Waals surface area (Å²) in [6, 6.07) is 13.5. The highest BCUT2D eigenvalue weighted by molar-refractivity contribution is 5.91. The molecule has 2 aliphatic rings. The molecule has 6 heteroatoms. The van der Waals surface area contributed by atoms with Gasteiger partial charge < -0.3 is 14.7 Å². The summed E-state index contributed by atoms with van der Waals surface area (Å²) in [5.74, 6) is -0.0486. The number of hydrogen-bond donors (Lipinski definition) is 2. The van der Waals surface area contributed by atoms with Crippen LogP contribution in [0.1, 0.15) is 29.7 Å². The van der Waals surface area contributed by atoms with Crippen LogP contribution in [0.25, 0.3) is 46.4 Å². The van der Waals surface area contributed by atoms with Crippen LogP contribution in [0.2, 0.25) is 0 Å². The molecule has 5 heterocycles. The number of carbonyl (C=O) groups is 1. The lowest BCUT2D eigenvalue weighted by Crippen LogP contribution is -2.07. The minimum atomic E-state index is -0.472. The molecule has 0 radical (unpaired) electrons. The molecule has 0 spiro atoms.